The molecule has 1 amide bonds. The van der Waals surface area contributed by atoms with Crippen LogP contribution in [-0.2, 0) is 0 Å². The summed E-state index contributed by atoms with van der Waals surface area (Å²) in [5, 5.41) is 9.59. The van der Waals surface area contributed by atoms with Crippen molar-refractivity contribution < 1.29 is 13.9 Å². The molecule has 0 bridgehead atoms. The Labute approximate surface area is 249 Å². The predicted octanol–water partition coefficient (Wildman–Crippen LogP) is 4.81. The zero-order valence-electron chi connectivity index (χ0n) is 24.5. The molecule has 1 saturated heterocycles. The molecule has 0 unspecified atom stereocenters. The summed E-state index contributed by atoms with van der Waals surface area (Å²) >= 11 is 0. The van der Waals surface area contributed by atoms with Gasteiger partial charge in [-0.25, -0.2) is 14.6 Å². The van der Waals surface area contributed by atoms with Gasteiger partial charge in [-0.05, 0) is 57.0 Å². The van der Waals surface area contributed by atoms with Gasteiger partial charge in [0.1, 0.15) is 29.2 Å². The highest BCUT2D eigenvalue weighted by molar-refractivity contribution is 6.06. The molecule has 4 heterocycles. The van der Waals surface area contributed by atoms with E-state index in [0.717, 1.165) is 73.8 Å². The number of carbonyl (C=O) groups is 1. The number of para-hydroxylation sites is 1. The van der Waals surface area contributed by atoms with Crippen LogP contribution in [0.25, 0.3) is 33.3 Å². The van der Waals surface area contributed by atoms with Crippen LogP contribution in [0, 0.1) is 0 Å². The SMILES string of the molecule is COc1cc(-c2nn(C3CCC(N4CCN(C)CC4)CC3)c3ncnc(N)c23)ccc1NC(=O)c1cc2ccccc2o1. The van der Waals surface area contributed by atoms with Crippen LogP contribution >= 0.6 is 0 Å². The highest BCUT2D eigenvalue weighted by atomic mass is 16.5. The van der Waals surface area contributed by atoms with E-state index in [0.29, 0.717) is 34.6 Å². The monoisotopic (exact) mass is 580 g/mol. The Balaban J connectivity index is 1.15. The molecule has 2 fully saturated rings. The second-order valence-electron chi connectivity index (χ2n) is 11.6. The Morgan fingerprint density at radius 2 is 1.77 bits per heavy atom. The Bertz CT molecular complexity index is 1750. The number of hydrogen-bond acceptors (Lipinski definition) is 9. The van der Waals surface area contributed by atoms with Crippen molar-refractivity contribution in [2.75, 3.05) is 51.4 Å². The molecule has 1 aliphatic heterocycles. The molecule has 11 nitrogen and oxygen atoms in total. The van der Waals surface area contributed by atoms with Crippen molar-refractivity contribution in [2.45, 2.75) is 37.8 Å². The number of ether oxygens (including phenoxy) is 1. The van der Waals surface area contributed by atoms with Gasteiger partial charge in [-0.15, -0.1) is 0 Å². The molecule has 5 aromatic rings. The topological polar surface area (TPSA) is 128 Å². The number of aromatic nitrogens is 4. The van der Waals surface area contributed by atoms with Crippen LogP contribution in [0.15, 0.2) is 59.3 Å². The van der Waals surface area contributed by atoms with Crippen molar-refractivity contribution in [3.63, 3.8) is 0 Å². The third kappa shape index (κ3) is 5.19. The zero-order chi connectivity index (χ0) is 29.5. The molecule has 0 radical (unpaired) electrons. The summed E-state index contributed by atoms with van der Waals surface area (Å²) < 4.78 is 13.5. The van der Waals surface area contributed by atoms with Gasteiger partial charge in [-0.3, -0.25) is 9.69 Å². The van der Waals surface area contributed by atoms with Crippen molar-refractivity contribution in [2.24, 2.45) is 0 Å². The minimum absolute atomic E-state index is 0.226. The normalized spacial score (nSPS) is 20.0. The first kappa shape index (κ1) is 27.4. The molecule has 0 spiro atoms. The summed E-state index contributed by atoms with van der Waals surface area (Å²) in [6.07, 6.45) is 5.85. The molecule has 1 aliphatic carbocycles. The zero-order valence-corrected chi connectivity index (χ0v) is 24.5. The fourth-order valence-corrected chi connectivity index (χ4v) is 6.53. The van der Waals surface area contributed by atoms with E-state index in [1.165, 1.54) is 6.33 Å². The molecular formula is C32H36N8O3. The van der Waals surface area contributed by atoms with Crippen molar-refractivity contribution >= 4 is 39.4 Å². The van der Waals surface area contributed by atoms with Gasteiger partial charge in [0.2, 0.25) is 0 Å². The molecule has 11 heteroatoms. The average Bonchev–Trinajstić information content (AvgIpc) is 3.65. The molecule has 7 rings (SSSR count). The minimum Gasteiger partial charge on any atom is -0.495 e. The lowest BCUT2D eigenvalue weighted by atomic mass is 9.90. The second-order valence-corrected chi connectivity index (χ2v) is 11.6. The van der Waals surface area contributed by atoms with E-state index in [1.807, 2.05) is 41.1 Å². The summed E-state index contributed by atoms with van der Waals surface area (Å²) in [6.45, 7) is 4.55. The van der Waals surface area contributed by atoms with Crippen LogP contribution < -0.4 is 15.8 Å². The number of piperazine rings is 1. The first-order chi connectivity index (χ1) is 21.0. The van der Waals surface area contributed by atoms with Crippen LogP contribution in [0.1, 0.15) is 42.3 Å². The summed E-state index contributed by atoms with van der Waals surface area (Å²) in [5.41, 5.74) is 9.83. The number of benzene rings is 2. The predicted molar refractivity (Wildman–Crippen MR) is 166 cm³/mol. The Kier molecular flexibility index (Phi) is 7.20. The standard InChI is InChI=1S/C32H36N8O3/c1-38-13-15-39(16-14-38)22-8-10-23(11-9-22)40-31-28(30(33)34-19-35-31)29(37-40)21-7-12-24(26(18-21)42-2)36-32(41)27-17-20-5-3-4-6-25(20)43-27/h3-7,12,17-19,22-23H,8-11,13-16H2,1-2H3,(H,36,41)(H2,33,34,35). The molecule has 3 N–H and O–H groups in total. The second kappa shape index (κ2) is 11.3. The molecule has 2 aromatic carbocycles. The summed E-state index contributed by atoms with van der Waals surface area (Å²) in [4.78, 5) is 27.0. The minimum atomic E-state index is -0.359. The molecule has 3 aromatic heterocycles. The van der Waals surface area contributed by atoms with E-state index in [4.69, 9.17) is 20.0 Å². The van der Waals surface area contributed by atoms with Crippen LogP contribution in [0.4, 0.5) is 11.5 Å². The van der Waals surface area contributed by atoms with Gasteiger partial charge in [0, 0.05) is 43.2 Å². The average molecular weight is 581 g/mol. The third-order valence-electron chi connectivity index (χ3n) is 8.96. The Morgan fingerprint density at radius 1 is 1.00 bits per heavy atom. The lowest BCUT2D eigenvalue weighted by molar-refractivity contribution is 0.0815. The number of fused-ring (bicyclic) bond motifs is 2. The number of nitrogens with two attached hydrogens (primary N) is 1. The van der Waals surface area contributed by atoms with Gasteiger partial charge in [0.25, 0.3) is 5.91 Å². The quantitative estimate of drug-likeness (QED) is 0.291. The number of nitrogens with one attached hydrogen (secondary N) is 1. The van der Waals surface area contributed by atoms with Crippen LogP contribution in [0.5, 0.6) is 5.75 Å². The maximum Gasteiger partial charge on any atom is 0.291 e. The third-order valence-corrected chi connectivity index (χ3v) is 8.96. The molecule has 2 aliphatic rings. The maximum absolute atomic E-state index is 13.0. The Hall–Kier alpha value is -4.48. The fourth-order valence-electron chi connectivity index (χ4n) is 6.53. The highest BCUT2D eigenvalue weighted by Gasteiger charge is 2.31. The number of rotatable bonds is 6. The molecule has 1 saturated carbocycles. The van der Waals surface area contributed by atoms with Crippen molar-refractivity contribution in [3.8, 4) is 17.0 Å². The number of nitrogen functional groups attached to an aromatic ring is 1. The fraction of sp³-hybridized carbons (Fsp3) is 0.375. The maximum atomic E-state index is 13.0. The van der Waals surface area contributed by atoms with E-state index >= 15 is 0 Å². The number of likely N-dealkylation sites (N-methyl/N-ethyl adjacent to an activating group) is 1. The summed E-state index contributed by atoms with van der Waals surface area (Å²) in [7, 11) is 3.77. The van der Waals surface area contributed by atoms with Crippen molar-refractivity contribution in [1.29, 1.82) is 0 Å². The van der Waals surface area contributed by atoms with E-state index in [1.54, 1.807) is 19.2 Å². The van der Waals surface area contributed by atoms with Gasteiger partial charge < -0.3 is 25.1 Å². The van der Waals surface area contributed by atoms with Crippen LogP contribution in [-0.4, -0.2) is 81.8 Å². The van der Waals surface area contributed by atoms with Crippen molar-refractivity contribution in [3.05, 3.63) is 60.6 Å². The molecule has 222 valence electrons. The lowest BCUT2D eigenvalue weighted by Crippen LogP contribution is -2.49. The molecule has 0 atom stereocenters. The first-order valence-electron chi connectivity index (χ1n) is 14.9. The number of nitrogens with zero attached hydrogens (tertiary/aromatic N) is 6. The molecular weight excluding hydrogens is 544 g/mol. The largest absolute Gasteiger partial charge is 0.495 e. The van der Waals surface area contributed by atoms with Gasteiger partial charge in [0.15, 0.2) is 11.4 Å². The summed E-state index contributed by atoms with van der Waals surface area (Å²) in [6, 6.07) is 15.7. The van der Waals surface area contributed by atoms with Gasteiger partial charge in [-0.2, -0.15) is 5.10 Å². The lowest BCUT2D eigenvalue weighted by Gasteiger charge is -2.41. The number of carbonyl (C=O) groups excluding carboxylic acids is 1. The number of amides is 1. The Morgan fingerprint density at radius 3 is 2.53 bits per heavy atom. The number of anilines is 2. The smallest absolute Gasteiger partial charge is 0.291 e. The number of furan rings is 1. The van der Waals surface area contributed by atoms with Crippen molar-refractivity contribution in [1.82, 2.24) is 29.5 Å². The van der Waals surface area contributed by atoms with E-state index in [9.17, 15) is 4.79 Å². The number of hydrogen-bond donors (Lipinski definition) is 2. The van der Waals surface area contributed by atoms with Gasteiger partial charge >= 0.3 is 0 Å². The van der Waals surface area contributed by atoms with E-state index < -0.39 is 0 Å². The van der Waals surface area contributed by atoms with Crippen LogP contribution in [0.2, 0.25) is 0 Å². The summed E-state index contributed by atoms with van der Waals surface area (Å²) in [5.74, 6) is 0.748. The van der Waals surface area contributed by atoms with Crippen LogP contribution in [0.3, 0.4) is 0 Å². The highest BCUT2D eigenvalue weighted by Crippen LogP contribution is 2.39. The molecule has 43 heavy (non-hydrogen) atoms. The number of methoxy groups -OCH3 is 1. The first-order valence-corrected chi connectivity index (χ1v) is 14.9. The van der Waals surface area contributed by atoms with Gasteiger partial charge in [-0.1, -0.05) is 24.3 Å². The van der Waals surface area contributed by atoms with E-state index in [2.05, 4.69) is 32.1 Å². The van der Waals surface area contributed by atoms with Gasteiger partial charge in [0.05, 0.1) is 24.2 Å². The van der Waals surface area contributed by atoms with E-state index in [-0.39, 0.29) is 17.7 Å².